The molecule has 4 atom stereocenters. The Labute approximate surface area is 219 Å². The van der Waals surface area contributed by atoms with E-state index in [4.69, 9.17) is 23.7 Å². The maximum Gasteiger partial charge on any atom is 0.332 e. The monoisotopic (exact) mass is 536 g/mol. The standard InChI is InChI=1S/C25H32N2O11/c1-12(2)22(30)38-20-13(3)37-25(33)16(27-21(29)18-19(28)17(34-4)7-9-26-18)11-36-24(32)15(20)8-10-35-23(31)14-5-6-14/h7,9,12-16,20,28H,5-6,8,10-11H2,1-4H3,(H,27,29)/t13-,15+,16-,20-/m0/s1. The van der Waals surface area contributed by atoms with Gasteiger partial charge in [-0.3, -0.25) is 19.2 Å². The lowest BCUT2D eigenvalue weighted by molar-refractivity contribution is -0.177. The Morgan fingerprint density at radius 1 is 1.21 bits per heavy atom. The van der Waals surface area contributed by atoms with Crippen LogP contribution in [0.1, 0.15) is 50.5 Å². The molecule has 0 unspecified atom stereocenters. The molecule has 208 valence electrons. The highest BCUT2D eigenvalue weighted by atomic mass is 16.6. The lowest BCUT2D eigenvalue weighted by atomic mass is 9.94. The Balaban J connectivity index is 1.78. The zero-order valence-corrected chi connectivity index (χ0v) is 21.6. The van der Waals surface area contributed by atoms with Crippen molar-refractivity contribution >= 4 is 29.8 Å². The first-order valence-corrected chi connectivity index (χ1v) is 12.3. The number of esters is 4. The van der Waals surface area contributed by atoms with Crippen molar-refractivity contribution < 1.29 is 52.8 Å². The number of pyridine rings is 1. The summed E-state index contributed by atoms with van der Waals surface area (Å²) in [6.45, 7) is 3.90. The number of nitrogens with one attached hydrogen (secondary N) is 1. The molecule has 38 heavy (non-hydrogen) atoms. The largest absolute Gasteiger partial charge is 0.503 e. The molecule has 0 spiro atoms. The number of hydrogen-bond donors (Lipinski definition) is 2. The van der Waals surface area contributed by atoms with Gasteiger partial charge in [-0.15, -0.1) is 0 Å². The number of aromatic hydroxyl groups is 1. The fourth-order valence-electron chi connectivity index (χ4n) is 3.68. The van der Waals surface area contributed by atoms with Gasteiger partial charge < -0.3 is 34.1 Å². The van der Waals surface area contributed by atoms with E-state index in [0.29, 0.717) is 0 Å². The second-order valence-corrected chi connectivity index (χ2v) is 9.40. The molecule has 1 aromatic rings. The molecule has 1 aromatic heterocycles. The van der Waals surface area contributed by atoms with Crippen molar-refractivity contribution in [3.8, 4) is 11.5 Å². The molecule has 0 radical (unpaired) electrons. The average molecular weight is 537 g/mol. The number of hydrogen-bond acceptors (Lipinski definition) is 12. The molecule has 2 heterocycles. The molecule has 13 nitrogen and oxygen atoms in total. The van der Waals surface area contributed by atoms with Crippen LogP contribution < -0.4 is 10.1 Å². The third-order valence-corrected chi connectivity index (χ3v) is 6.08. The summed E-state index contributed by atoms with van der Waals surface area (Å²) in [7, 11) is 1.29. The number of carbonyl (C=O) groups excluding carboxylic acids is 5. The molecule has 0 aromatic carbocycles. The second kappa shape index (κ2) is 12.6. The number of methoxy groups -OCH3 is 1. The number of cyclic esters (lactones) is 2. The van der Waals surface area contributed by atoms with Crippen LogP contribution in [0.3, 0.4) is 0 Å². The molecular weight excluding hydrogens is 504 g/mol. The number of rotatable bonds is 9. The number of amides is 1. The van der Waals surface area contributed by atoms with Gasteiger partial charge in [-0.2, -0.15) is 0 Å². The van der Waals surface area contributed by atoms with Crippen LogP contribution in [0.15, 0.2) is 12.3 Å². The van der Waals surface area contributed by atoms with Crippen LogP contribution in [0.2, 0.25) is 0 Å². The van der Waals surface area contributed by atoms with Crippen molar-refractivity contribution in [3.63, 3.8) is 0 Å². The normalized spacial score (nSPS) is 23.7. The molecule has 2 fully saturated rings. The van der Waals surface area contributed by atoms with Gasteiger partial charge in [-0.1, -0.05) is 13.8 Å². The van der Waals surface area contributed by atoms with E-state index in [0.717, 1.165) is 12.8 Å². The summed E-state index contributed by atoms with van der Waals surface area (Å²) in [6, 6.07) is -0.126. The van der Waals surface area contributed by atoms with Gasteiger partial charge in [0.2, 0.25) is 0 Å². The summed E-state index contributed by atoms with van der Waals surface area (Å²) in [4.78, 5) is 66.9. The Hall–Kier alpha value is -3.90. The Kier molecular flexibility index (Phi) is 9.48. The Morgan fingerprint density at radius 3 is 2.55 bits per heavy atom. The molecule has 3 rings (SSSR count). The van der Waals surface area contributed by atoms with Crippen LogP contribution in [0.25, 0.3) is 0 Å². The fraction of sp³-hybridized carbons (Fsp3) is 0.600. The lowest BCUT2D eigenvalue weighted by Gasteiger charge is -2.29. The number of aromatic nitrogens is 1. The zero-order chi connectivity index (χ0) is 28.0. The minimum Gasteiger partial charge on any atom is -0.503 e. The molecule has 1 aliphatic heterocycles. The molecule has 1 amide bonds. The quantitative estimate of drug-likeness (QED) is 0.337. The number of carbonyl (C=O) groups is 5. The Bertz CT molecular complexity index is 1070. The molecule has 0 bridgehead atoms. The summed E-state index contributed by atoms with van der Waals surface area (Å²) >= 11 is 0. The van der Waals surface area contributed by atoms with E-state index in [2.05, 4.69) is 10.3 Å². The predicted molar refractivity (Wildman–Crippen MR) is 127 cm³/mol. The maximum atomic E-state index is 13.1. The SMILES string of the molecule is COc1ccnc(C(=O)N[C@H]2COC(=O)[C@H](CCOC(=O)C3CC3)[C@@H](OC(=O)C(C)C)[C@H](C)OC2=O)c1O. The first kappa shape index (κ1) is 28.7. The second-order valence-electron chi connectivity index (χ2n) is 9.40. The van der Waals surface area contributed by atoms with Crippen molar-refractivity contribution in [1.82, 2.24) is 10.3 Å². The van der Waals surface area contributed by atoms with E-state index in [-0.39, 0.29) is 30.7 Å². The van der Waals surface area contributed by atoms with Crippen molar-refractivity contribution in [2.24, 2.45) is 17.8 Å². The highest BCUT2D eigenvalue weighted by Gasteiger charge is 2.42. The summed E-state index contributed by atoms with van der Waals surface area (Å²) in [6.07, 6.45) is 0.325. The van der Waals surface area contributed by atoms with E-state index < -0.39 is 72.0 Å². The molecule has 1 aliphatic carbocycles. The van der Waals surface area contributed by atoms with E-state index in [1.165, 1.54) is 26.3 Å². The smallest absolute Gasteiger partial charge is 0.332 e. The predicted octanol–water partition coefficient (Wildman–Crippen LogP) is 0.910. The first-order valence-electron chi connectivity index (χ1n) is 12.3. The van der Waals surface area contributed by atoms with E-state index >= 15 is 0 Å². The molecule has 2 N–H and O–H groups in total. The van der Waals surface area contributed by atoms with Gasteiger partial charge in [0.25, 0.3) is 5.91 Å². The van der Waals surface area contributed by atoms with Crippen molar-refractivity contribution in [1.29, 1.82) is 0 Å². The van der Waals surface area contributed by atoms with Gasteiger partial charge >= 0.3 is 23.9 Å². The van der Waals surface area contributed by atoms with Gasteiger partial charge in [-0.25, -0.2) is 9.78 Å². The van der Waals surface area contributed by atoms with Crippen molar-refractivity contribution in [3.05, 3.63) is 18.0 Å². The molecule has 13 heteroatoms. The molecule has 1 saturated carbocycles. The highest BCUT2D eigenvalue weighted by Crippen LogP contribution is 2.31. The third-order valence-electron chi connectivity index (χ3n) is 6.08. The van der Waals surface area contributed by atoms with Crippen LogP contribution in [0, 0.1) is 17.8 Å². The van der Waals surface area contributed by atoms with Gasteiger partial charge in [0, 0.05) is 12.3 Å². The topological polar surface area (TPSA) is 177 Å². The fourth-order valence-corrected chi connectivity index (χ4v) is 3.68. The average Bonchev–Trinajstić information content (AvgIpc) is 3.72. The summed E-state index contributed by atoms with van der Waals surface area (Å²) < 4.78 is 26.5. The summed E-state index contributed by atoms with van der Waals surface area (Å²) in [5.41, 5.74) is -0.421. The minimum absolute atomic E-state index is 0.0118. The summed E-state index contributed by atoms with van der Waals surface area (Å²) in [5.74, 6) is -6.09. The van der Waals surface area contributed by atoms with Crippen LogP contribution in [-0.4, -0.2) is 78.4 Å². The summed E-state index contributed by atoms with van der Waals surface area (Å²) in [5, 5.41) is 12.5. The van der Waals surface area contributed by atoms with Crippen molar-refractivity contribution in [2.45, 2.75) is 58.3 Å². The van der Waals surface area contributed by atoms with Crippen LogP contribution in [0.4, 0.5) is 0 Å². The molecular formula is C25H32N2O11. The van der Waals surface area contributed by atoms with E-state index in [1.807, 2.05) is 0 Å². The van der Waals surface area contributed by atoms with Crippen LogP contribution in [0.5, 0.6) is 11.5 Å². The first-order chi connectivity index (χ1) is 18.0. The number of nitrogens with zero attached hydrogens (tertiary/aromatic N) is 1. The van der Waals surface area contributed by atoms with Crippen LogP contribution in [-0.2, 0) is 38.1 Å². The maximum absolute atomic E-state index is 13.1. The van der Waals surface area contributed by atoms with E-state index in [1.54, 1.807) is 13.8 Å². The van der Waals surface area contributed by atoms with Gasteiger partial charge in [0.05, 0.1) is 25.6 Å². The highest BCUT2D eigenvalue weighted by molar-refractivity contribution is 5.98. The number of ether oxygens (including phenoxy) is 5. The van der Waals surface area contributed by atoms with Gasteiger partial charge in [0.1, 0.15) is 18.6 Å². The van der Waals surface area contributed by atoms with Crippen molar-refractivity contribution in [2.75, 3.05) is 20.3 Å². The lowest BCUT2D eigenvalue weighted by Crippen LogP contribution is -2.46. The van der Waals surface area contributed by atoms with E-state index in [9.17, 15) is 29.1 Å². The van der Waals surface area contributed by atoms with Gasteiger partial charge in [0.15, 0.2) is 29.3 Å². The Morgan fingerprint density at radius 2 is 1.92 bits per heavy atom. The molecule has 1 saturated heterocycles. The van der Waals surface area contributed by atoms with Crippen LogP contribution >= 0.6 is 0 Å². The zero-order valence-electron chi connectivity index (χ0n) is 21.6. The minimum atomic E-state index is -1.46. The molecule has 2 aliphatic rings. The third kappa shape index (κ3) is 7.11. The van der Waals surface area contributed by atoms with Gasteiger partial charge in [-0.05, 0) is 26.2 Å².